The van der Waals surface area contributed by atoms with Gasteiger partial charge in [0.25, 0.3) is 11.8 Å². The Balaban J connectivity index is 1.53. The van der Waals surface area contributed by atoms with Crippen LogP contribution in [-0.4, -0.2) is 62.8 Å². The van der Waals surface area contributed by atoms with Crippen molar-refractivity contribution in [1.29, 1.82) is 0 Å². The SMILES string of the molecule is CCNC(=O)c1ccc(C)c(N(C(=O)OCOC(=O)c2cccnc2)c2ncnn3cc(C(=O)NC4CC4)c(C)c23)c1. The Kier molecular flexibility index (Phi) is 8.09. The summed E-state index contributed by atoms with van der Waals surface area (Å²) in [7, 11) is 0. The Morgan fingerprint density at radius 1 is 1.07 bits per heavy atom. The van der Waals surface area contributed by atoms with E-state index in [9.17, 15) is 19.2 Å². The van der Waals surface area contributed by atoms with Gasteiger partial charge in [-0.25, -0.2) is 24.0 Å². The van der Waals surface area contributed by atoms with Crippen LogP contribution >= 0.6 is 0 Å². The average molecular weight is 572 g/mol. The normalized spacial score (nSPS) is 12.5. The van der Waals surface area contributed by atoms with E-state index in [1.165, 1.54) is 34.2 Å². The maximum absolute atomic E-state index is 13.7. The molecule has 0 bridgehead atoms. The van der Waals surface area contributed by atoms with E-state index in [4.69, 9.17) is 9.47 Å². The molecule has 1 saturated carbocycles. The van der Waals surface area contributed by atoms with Crippen molar-refractivity contribution >= 4 is 40.9 Å². The van der Waals surface area contributed by atoms with Crippen molar-refractivity contribution in [2.24, 2.45) is 0 Å². The van der Waals surface area contributed by atoms with Crippen molar-refractivity contribution in [3.8, 4) is 0 Å². The van der Waals surface area contributed by atoms with Gasteiger partial charge in [0, 0.05) is 36.7 Å². The van der Waals surface area contributed by atoms with Crippen LogP contribution in [0.25, 0.3) is 5.52 Å². The van der Waals surface area contributed by atoms with E-state index in [0.29, 0.717) is 40.0 Å². The van der Waals surface area contributed by atoms with Crippen LogP contribution in [0.2, 0.25) is 0 Å². The zero-order chi connectivity index (χ0) is 29.8. The second kappa shape index (κ2) is 12.0. The van der Waals surface area contributed by atoms with Gasteiger partial charge in [-0.3, -0.25) is 14.6 Å². The van der Waals surface area contributed by atoms with Crippen molar-refractivity contribution < 1.29 is 28.7 Å². The molecule has 0 saturated heterocycles. The maximum atomic E-state index is 13.7. The second-order valence-corrected chi connectivity index (χ2v) is 9.69. The maximum Gasteiger partial charge on any atom is 0.423 e. The number of rotatable bonds is 9. The lowest BCUT2D eigenvalue weighted by Crippen LogP contribution is -2.31. The summed E-state index contributed by atoms with van der Waals surface area (Å²) in [5, 5.41) is 9.96. The first-order chi connectivity index (χ1) is 20.3. The smallest absolute Gasteiger partial charge is 0.423 e. The number of hydrogen-bond donors (Lipinski definition) is 2. The highest BCUT2D eigenvalue weighted by Crippen LogP contribution is 2.34. The zero-order valence-corrected chi connectivity index (χ0v) is 23.3. The summed E-state index contributed by atoms with van der Waals surface area (Å²) in [6, 6.07) is 8.12. The molecule has 216 valence electrons. The molecular weight excluding hydrogens is 542 g/mol. The summed E-state index contributed by atoms with van der Waals surface area (Å²) in [5.41, 5.74) is 2.73. The quantitative estimate of drug-likeness (QED) is 0.227. The number of nitrogens with one attached hydrogen (secondary N) is 2. The molecule has 3 aromatic heterocycles. The van der Waals surface area contributed by atoms with Crippen molar-refractivity contribution in [2.45, 2.75) is 39.7 Å². The van der Waals surface area contributed by atoms with E-state index < -0.39 is 18.9 Å². The summed E-state index contributed by atoms with van der Waals surface area (Å²) in [5.74, 6) is -1.21. The first-order valence-electron chi connectivity index (χ1n) is 13.3. The predicted molar refractivity (Wildman–Crippen MR) is 151 cm³/mol. The minimum atomic E-state index is -0.935. The van der Waals surface area contributed by atoms with Crippen molar-refractivity contribution in [3.05, 3.63) is 83.1 Å². The lowest BCUT2D eigenvalue weighted by atomic mass is 10.1. The van der Waals surface area contributed by atoms with Crippen molar-refractivity contribution in [3.63, 3.8) is 0 Å². The molecular formula is C29H29N7O6. The van der Waals surface area contributed by atoms with E-state index in [1.54, 1.807) is 51.2 Å². The highest BCUT2D eigenvalue weighted by molar-refractivity contribution is 6.05. The van der Waals surface area contributed by atoms with Gasteiger partial charge in [0.15, 0.2) is 5.82 Å². The van der Waals surface area contributed by atoms with Gasteiger partial charge in [0.05, 0.1) is 16.8 Å². The van der Waals surface area contributed by atoms with Crippen molar-refractivity contribution in [2.75, 3.05) is 18.2 Å². The van der Waals surface area contributed by atoms with E-state index in [0.717, 1.165) is 12.8 Å². The van der Waals surface area contributed by atoms with Crippen LogP contribution in [0.15, 0.2) is 55.2 Å². The molecule has 0 aliphatic heterocycles. The number of anilines is 2. The van der Waals surface area contributed by atoms with Crippen LogP contribution in [0.5, 0.6) is 0 Å². The van der Waals surface area contributed by atoms with Gasteiger partial charge in [-0.2, -0.15) is 5.10 Å². The number of pyridine rings is 1. The lowest BCUT2D eigenvalue weighted by Gasteiger charge is -2.24. The number of aryl methyl sites for hydroxylation is 2. The van der Waals surface area contributed by atoms with Gasteiger partial charge in [0.2, 0.25) is 6.79 Å². The molecule has 13 heteroatoms. The standard InChI is InChI=1S/C29H29N7O6/c1-4-31-26(37)19-8-7-17(2)23(12-19)36(29(40)42-16-41-28(39)20-6-5-11-30-13-20)25-24-18(3)22(14-35(24)33-15-32-25)27(38)34-21-9-10-21/h5-8,11-15,21H,4,9-10,16H2,1-3H3,(H,31,37)(H,34,38). The number of ether oxygens (including phenoxy) is 2. The largest absolute Gasteiger partial charge is 0.424 e. The van der Waals surface area contributed by atoms with Gasteiger partial charge in [-0.1, -0.05) is 6.07 Å². The summed E-state index contributed by atoms with van der Waals surface area (Å²) in [4.78, 5) is 61.2. The molecule has 3 amide bonds. The second-order valence-electron chi connectivity index (χ2n) is 9.69. The Morgan fingerprint density at radius 2 is 1.88 bits per heavy atom. The fraction of sp³-hybridized carbons (Fsp3) is 0.276. The van der Waals surface area contributed by atoms with Gasteiger partial charge >= 0.3 is 12.1 Å². The minimum Gasteiger partial charge on any atom is -0.424 e. The van der Waals surface area contributed by atoms with Gasteiger partial charge in [0.1, 0.15) is 11.8 Å². The highest BCUT2D eigenvalue weighted by atomic mass is 16.7. The highest BCUT2D eigenvalue weighted by Gasteiger charge is 2.30. The molecule has 5 rings (SSSR count). The fourth-order valence-electron chi connectivity index (χ4n) is 4.34. The number of amides is 3. The van der Waals surface area contributed by atoms with Crippen LogP contribution in [-0.2, 0) is 9.47 Å². The minimum absolute atomic E-state index is 0.104. The topological polar surface area (TPSA) is 157 Å². The summed E-state index contributed by atoms with van der Waals surface area (Å²) >= 11 is 0. The van der Waals surface area contributed by atoms with Gasteiger partial charge in [-0.05, 0) is 69.0 Å². The van der Waals surface area contributed by atoms with E-state index in [2.05, 4.69) is 25.7 Å². The molecule has 13 nitrogen and oxygen atoms in total. The summed E-state index contributed by atoms with van der Waals surface area (Å²) < 4.78 is 12.0. The Bertz CT molecular complexity index is 1670. The number of aromatic nitrogens is 4. The monoisotopic (exact) mass is 571 g/mol. The number of carbonyl (C=O) groups is 4. The fourth-order valence-corrected chi connectivity index (χ4v) is 4.34. The number of hydrogen-bond acceptors (Lipinski definition) is 9. The third-order valence-electron chi connectivity index (χ3n) is 6.68. The predicted octanol–water partition coefficient (Wildman–Crippen LogP) is 3.47. The first kappa shape index (κ1) is 28.2. The number of benzene rings is 1. The Morgan fingerprint density at radius 3 is 2.60 bits per heavy atom. The number of carbonyl (C=O) groups excluding carboxylic acids is 4. The molecule has 0 spiro atoms. The van der Waals surface area contributed by atoms with E-state index in [1.807, 2.05) is 0 Å². The molecule has 4 aromatic rings. The molecule has 0 atom stereocenters. The van der Waals surface area contributed by atoms with Crippen molar-refractivity contribution in [1.82, 2.24) is 30.2 Å². The summed E-state index contributed by atoms with van der Waals surface area (Å²) in [6.07, 6.45) is 6.58. The molecule has 0 radical (unpaired) electrons. The lowest BCUT2D eigenvalue weighted by molar-refractivity contribution is -0.000110. The van der Waals surface area contributed by atoms with Gasteiger partial charge in [-0.15, -0.1) is 0 Å². The van der Waals surface area contributed by atoms with Crippen LogP contribution in [0.3, 0.4) is 0 Å². The molecule has 0 unspecified atom stereocenters. The molecule has 1 aliphatic carbocycles. The average Bonchev–Trinajstić information content (AvgIpc) is 3.74. The summed E-state index contributed by atoms with van der Waals surface area (Å²) in [6.45, 7) is 5.01. The van der Waals surface area contributed by atoms with Crippen LogP contribution < -0.4 is 15.5 Å². The number of fused-ring (bicyclic) bond motifs is 1. The van der Waals surface area contributed by atoms with E-state index >= 15 is 0 Å². The molecule has 1 aliphatic rings. The van der Waals surface area contributed by atoms with Crippen LogP contribution in [0, 0.1) is 13.8 Å². The van der Waals surface area contributed by atoms with Crippen LogP contribution in [0.4, 0.5) is 16.3 Å². The third kappa shape index (κ3) is 5.89. The zero-order valence-electron chi connectivity index (χ0n) is 23.3. The molecule has 2 N–H and O–H groups in total. The molecule has 1 fully saturated rings. The number of nitrogens with zero attached hydrogens (tertiary/aromatic N) is 5. The third-order valence-corrected chi connectivity index (χ3v) is 6.68. The number of esters is 1. The Hall–Kier alpha value is -5.33. The van der Waals surface area contributed by atoms with Crippen LogP contribution in [0.1, 0.15) is 62.0 Å². The molecule has 3 heterocycles. The first-order valence-corrected chi connectivity index (χ1v) is 13.3. The molecule has 42 heavy (non-hydrogen) atoms. The van der Waals surface area contributed by atoms with Gasteiger partial charge < -0.3 is 20.1 Å². The Labute approximate surface area is 240 Å². The van der Waals surface area contributed by atoms with E-state index in [-0.39, 0.29) is 29.2 Å². The molecule has 1 aromatic carbocycles.